The molecule has 202 valence electrons. The molecule has 2 aromatic carbocycles. The number of nitrogens with one attached hydrogen (secondary N) is 1. The first-order chi connectivity index (χ1) is 18.5. The largest absolute Gasteiger partial charge is 0.497 e. The monoisotopic (exact) mass is 538 g/mol. The summed E-state index contributed by atoms with van der Waals surface area (Å²) in [7, 11) is -2.10. The van der Waals surface area contributed by atoms with Crippen LogP contribution in [-0.2, 0) is 10.0 Å². The second kappa shape index (κ2) is 11.7. The fourth-order valence-corrected chi connectivity index (χ4v) is 7.49. The Bertz CT molecular complexity index is 1310. The van der Waals surface area contributed by atoms with E-state index in [0.717, 1.165) is 51.4 Å². The molecule has 0 bridgehead atoms. The number of methoxy groups -OCH3 is 1. The van der Waals surface area contributed by atoms with Gasteiger partial charge in [0, 0.05) is 23.2 Å². The number of nitrogens with zero attached hydrogens (tertiary/aromatic N) is 3. The van der Waals surface area contributed by atoms with E-state index < -0.39 is 15.9 Å². The van der Waals surface area contributed by atoms with E-state index in [4.69, 9.17) is 9.15 Å². The molecule has 9 nitrogen and oxygen atoms in total. The molecule has 10 heteroatoms. The Morgan fingerprint density at radius 1 is 0.868 bits per heavy atom. The lowest BCUT2D eigenvalue weighted by atomic mass is 9.91. The average molecular weight is 539 g/mol. The Labute approximate surface area is 223 Å². The molecule has 2 saturated carbocycles. The number of anilines is 1. The maximum Gasteiger partial charge on any atom is 0.322 e. The third-order valence-corrected chi connectivity index (χ3v) is 9.56. The molecule has 1 amide bonds. The van der Waals surface area contributed by atoms with E-state index in [1.165, 1.54) is 37.1 Å². The summed E-state index contributed by atoms with van der Waals surface area (Å²) >= 11 is 0. The Morgan fingerprint density at radius 2 is 1.45 bits per heavy atom. The number of carbonyl (C=O) groups excluding carboxylic acids is 1. The number of aromatic nitrogens is 2. The van der Waals surface area contributed by atoms with Gasteiger partial charge in [-0.25, -0.2) is 8.42 Å². The highest BCUT2D eigenvalue weighted by Gasteiger charge is 2.38. The molecule has 0 radical (unpaired) electrons. The van der Waals surface area contributed by atoms with Crippen LogP contribution in [0.4, 0.5) is 6.01 Å². The molecule has 2 aliphatic carbocycles. The molecule has 3 aromatic rings. The van der Waals surface area contributed by atoms with E-state index >= 15 is 0 Å². The molecule has 0 atom stereocenters. The zero-order chi connectivity index (χ0) is 26.5. The van der Waals surface area contributed by atoms with Gasteiger partial charge < -0.3 is 9.15 Å². The van der Waals surface area contributed by atoms with Crippen LogP contribution in [0.1, 0.15) is 74.6 Å². The van der Waals surface area contributed by atoms with Gasteiger partial charge in [-0.05, 0) is 74.2 Å². The van der Waals surface area contributed by atoms with Crippen LogP contribution in [0.3, 0.4) is 0 Å². The smallest absolute Gasteiger partial charge is 0.322 e. The summed E-state index contributed by atoms with van der Waals surface area (Å²) in [6.45, 7) is 0. The van der Waals surface area contributed by atoms with E-state index in [1.54, 1.807) is 31.4 Å². The van der Waals surface area contributed by atoms with Gasteiger partial charge in [0.15, 0.2) is 0 Å². The predicted molar refractivity (Wildman–Crippen MR) is 143 cm³/mol. The van der Waals surface area contributed by atoms with Crippen LogP contribution in [-0.4, -0.2) is 48.0 Å². The van der Waals surface area contributed by atoms with Gasteiger partial charge in [0.05, 0.1) is 12.0 Å². The van der Waals surface area contributed by atoms with Gasteiger partial charge in [0.1, 0.15) is 5.75 Å². The maximum atomic E-state index is 13.9. The fraction of sp³-hybridized carbons (Fsp3) is 0.464. The Morgan fingerprint density at radius 3 is 2.00 bits per heavy atom. The normalized spacial score (nSPS) is 17.4. The molecule has 0 unspecified atom stereocenters. The van der Waals surface area contributed by atoms with Gasteiger partial charge in [-0.15, -0.1) is 5.10 Å². The molecule has 2 aliphatic rings. The predicted octanol–water partition coefficient (Wildman–Crippen LogP) is 5.65. The van der Waals surface area contributed by atoms with Gasteiger partial charge in [-0.2, -0.15) is 4.31 Å². The molecule has 5 rings (SSSR count). The number of amides is 1. The molecule has 1 heterocycles. The van der Waals surface area contributed by atoms with Crippen molar-refractivity contribution in [1.29, 1.82) is 0 Å². The summed E-state index contributed by atoms with van der Waals surface area (Å²) in [5.41, 5.74) is 0.990. The molecule has 0 spiro atoms. The van der Waals surface area contributed by atoms with Crippen molar-refractivity contribution in [2.75, 3.05) is 12.4 Å². The fourth-order valence-electron chi connectivity index (χ4n) is 5.55. The summed E-state index contributed by atoms with van der Waals surface area (Å²) in [6, 6.07) is 13.3. The van der Waals surface area contributed by atoms with E-state index in [9.17, 15) is 13.2 Å². The van der Waals surface area contributed by atoms with Crippen molar-refractivity contribution < 1.29 is 22.4 Å². The third-order valence-electron chi connectivity index (χ3n) is 7.54. The molecule has 0 aliphatic heterocycles. The quantitative estimate of drug-likeness (QED) is 0.394. The molecular formula is C28H34N4O5S. The third kappa shape index (κ3) is 5.76. The molecule has 1 aromatic heterocycles. The number of benzene rings is 2. The van der Waals surface area contributed by atoms with Crippen molar-refractivity contribution in [3.8, 4) is 17.2 Å². The first-order valence-corrected chi connectivity index (χ1v) is 14.8. The highest BCUT2D eigenvalue weighted by atomic mass is 32.2. The molecule has 38 heavy (non-hydrogen) atoms. The highest BCUT2D eigenvalue weighted by molar-refractivity contribution is 7.89. The lowest BCUT2D eigenvalue weighted by Crippen LogP contribution is -2.48. The van der Waals surface area contributed by atoms with E-state index in [-0.39, 0.29) is 28.9 Å². The highest BCUT2D eigenvalue weighted by Crippen LogP contribution is 2.35. The minimum absolute atomic E-state index is 0.0433. The van der Waals surface area contributed by atoms with Crippen LogP contribution in [0.25, 0.3) is 11.5 Å². The number of sulfonamides is 1. The summed E-state index contributed by atoms with van der Waals surface area (Å²) in [4.78, 5) is 13.0. The van der Waals surface area contributed by atoms with Gasteiger partial charge >= 0.3 is 6.01 Å². The van der Waals surface area contributed by atoms with Gasteiger partial charge in [0.2, 0.25) is 15.9 Å². The Balaban J connectivity index is 1.30. The summed E-state index contributed by atoms with van der Waals surface area (Å²) in [5, 5.41) is 10.5. The number of hydrogen-bond donors (Lipinski definition) is 1. The van der Waals surface area contributed by atoms with Crippen LogP contribution in [0, 0.1) is 0 Å². The average Bonchev–Trinajstić information content (AvgIpc) is 3.43. The topological polar surface area (TPSA) is 115 Å². The van der Waals surface area contributed by atoms with Crippen LogP contribution in [0.5, 0.6) is 5.75 Å². The van der Waals surface area contributed by atoms with Crippen molar-refractivity contribution in [3.05, 3.63) is 54.1 Å². The molecular weight excluding hydrogens is 504 g/mol. The van der Waals surface area contributed by atoms with Gasteiger partial charge in [-0.1, -0.05) is 43.6 Å². The van der Waals surface area contributed by atoms with E-state index in [0.29, 0.717) is 16.9 Å². The minimum Gasteiger partial charge on any atom is -0.497 e. The number of ether oxygens (including phenoxy) is 1. The van der Waals surface area contributed by atoms with Crippen molar-refractivity contribution in [1.82, 2.24) is 14.5 Å². The van der Waals surface area contributed by atoms with Gasteiger partial charge in [-0.3, -0.25) is 10.1 Å². The number of carbonyl (C=O) groups is 1. The van der Waals surface area contributed by atoms with Crippen LogP contribution in [0.15, 0.2) is 57.8 Å². The first-order valence-electron chi connectivity index (χ1n) is 13.4. The van der Waals surface area contributed by atoms with Crippen molar-refractivity contribution in [2.45, 2.75) is 81.2 Å². The summed E-state index contributed by atoms with van der Waals surface area (Å²) in [6.07, 6.45) is 10.3. The Kier molecular flexibility index (Phi) is 8.09. The Hall–Kier alpha value is -3.24. The number of hydrogen-bond acceptors (Lipinski definition) is 7. The zero-order valence-electron chi connectivity index (χ0n) is 21.6. The zero-order valence-corrected chi connectivity index (χ0v) is 22.5. The lowest BCUT2D eigenvalue weighted by molar-refractivity contribution is 0.102. The number of rotatable bonds is 8. The second-order valence-corrected chi connectivity index (χ2v) is 11.9. The maximum absolute atomic E-state index is 13.9. The lowest BCUT2D eigenvalue weighted by Gasteiger charge is -2.40. The molecule has 1 N–H and O–H groups in total. The summed E-state index contributed by atoms with van der Waals surface area (Å²) in [5.74, 6) is 0.498. The molecule has 2 fully saturated rings. The van der Waals surface area contributed by atoms with E-state index in [1.807, 2.05) is 4.31 Å². The minimum atomic E-state index is -3.68. The SMILES string of the molecule is COc1ccc(-c2nnc(NC(=O)c3ccc(S(=O)(=O)N(C4CCCCC4)C4CCCCC4)cc3)o2)cc1. The van der Waals surface area contributed by atoms with Gasteiger partial charge in [0.25, 0.3) is 5.91 Å². The van der Waals surface area contributed by atoms with E-state index in [2.05, 4.69) is 15.5 Å². The molecule has 0 saturated heterocycles. The standard InChI is InChI=1S/C28H34N4O5S/c1-36-24-16-12-21(13-17-24)27-30-31-28(37-27)29-26(33)20-14-18-25(19-15-20)38(34,35)32(22-8-4-2-5-9-22)23-10-6-3-7-11-23/h12-19,22-23H,2-11H2,1H3,(H,29,31,33). The summed E-state index contributed by atoms with van der Waals surface area (Å²) < 4.78 is 40.3. The second-order valence-electron chi connectivity index (χ2n) is 10.0. The van der Waals surface area contributed by atoms with Crippen molar-refractivity contribution >= 4 is 21.9 Å². The van der Waals surface area contributed by atoms with Crippen LogP contribution < -0.4 is 10.1 Å². The van der Waals surface area contributed by atoms with Crippen molar-refractivity contribution in [3.63, 3.8) is 0 Å². The van der Waals surface area contributed by atoms with Crippen LogP contribution in [0.2, 0.25) is 0 Å². The first kappa shape index (κ1) is 26.4. The van der Waals surface area contributed by atoms with Crippen LogP contribution >= 0.6 is 0 Å². The van der Waals surface area contributed by atoms with Crippen molar-refractivity contribution in [2.24, 2.45) is 0 Å².